The highest BCUT2D eigenvalue weighted by atomic mass is 79.9. The molecular formula is C16H17BrN2. The summed E-state index contributed by atoms with van der Waals surface area (Å²) in [7, 11) is 0. The third-order valence-electron chi connectivity index (χ3n) is 3.32. The van der Waals surface area contributed by atoms with Crippen molar-refractivity contribution in [2.45, 2.75) is 19.9 Å². The summed E-state index contributed by atoms with van der Waals surface area (Å²) in [5.74, 6) is 0. The number of fused-ring (bicyclic) bond motifs is 1. The number of hydrogen-bond donors (Lipinski definition) is 0. The van der Waals surface area contributed by atoms with Crippen LogP contribution in [-0.4, -0.2) is 4.57 Å². The molecule has 2 nitrogen and oxygen atoms in total. The number of halogens is 1. The van der Waals surface area contributed by atoms with E-state index < -0.39 is 0 Å². The van der Waals surface area contributed by atoms with Crippen LogP contribution < -0.4 is 21.4 Å². The Labute approximate surface area is 124 Å². The van der Waals surface area contributed by atoms with Crippen molar-refractivity contribution >= 4 is 5.65 Å². The van der Waals surface area contributed by atoms with Crippen LogP contribution in [0.15, 0.2) is 60.9 Å². The van der Waals surface area contributed by atoms with Crippen LogP contribution in [0.2, 0.25) is 0 Å². The maximum atomic E-state index is 2.29. The van der Waals surface area contributed by atoms with Crippen LogP contribution in [-0.2, 0) is 13.0 Å². The summed E-state index contributed by atoms with van der Waals surface area (Å²) in [6, 6.07) is 17.0. The summed E-state index contributed by atoms with van der Waals surface area (Å²) in [6.45, 7) is 3.18. The Balaban J connectivity index is 0.00000133. The second-order valence-electron chi connectivity index (χ2n) is 4.50. The molecule has 0 amide bonds. The molecule has 0 saturated carbocycles. The molecule has 0 fully saturated rings. The first-order valence-electron chi connectivity index (χ1n) is 6.41. The average molecular weight is 317 g/mol. The molecule has 2 heterocycles. The zero-order valence-corrected chi connectivity index (χ0v) is 12.5. The summed E-state index contributed by atoms with van der Waals surface area (Å²) < 4.78 is 4.56. The Kier molecular flexibility index (Phi) is 4.38. The quantitative estimate of drug-likeness (QED) is 0.594. The second kappa shape index (κ2) is 6.02. The highest BCUT2D eigenvalue weighted by molar-refractivity contribution is 5.32. The lowest BCUT2D eigenvalue weighted by atomic mass is 10.1. The zero-order valence-electron chi connectivity index (χ0n) is 11.0. The Hall–Kier alpha value is -1.61. The number of rotatable bonds is 3. The lowest BCUT2D eigenvalue weighted by Crippen LogP contribution is -3.00. The Morgan fingerprint density at radius 2 is 1.74 bits per heavy atom. The van der Waals surface area contributed by atoms with Gasteiger partial charge in [-0.3, -0.25) is 0 Å². The second-order valence-corrected chi connectivity index (χ2v) is 4.50. The largest absolute Gasteiger partial charge is 1.00 e. The van der Waals surface area contributed by atoms with E-state index in [0.717, 1.165) is 13.0 Å². The van der Waals surface area contributed by atoms with Gasteiger partial charge in [0.25, 0.3) is 5.65 Å². The summed E-state index contributed by atoms with van der Waals surface area (Å²) in [5, 5.41) is 0. The first kappa shape index (κ1) is 13.8. The minimum absolute atomic E-state index is 0. The van der Waals surface area contributed by atoms with Gasteiger partial charge in [0.15, 0.2) is 5.69 Å². The zero-order chi connectivity index (χ0) is 12.4. The van der Waals surface area contributed by atoms with Crippen LogP contribution in [0.25, 0.3) is 5.65 Å². The normalized spacial score (nSPS) is 10.4. The SMILES string of the molecule is CCn1cc(Cc2ccccc2)[n+]2ccccc12.[Br-]. The first-order valence-corrected chi connectivity index (χ1v) is 6.41. The molecule has 19 heavy (non-hydrogen) atoms. The summed E-state index contributed by atoms with van der Waals surface area (Å²) in [5.41, 5.74) is 3.94. The molecule has 0 N–H and O–H groups in total. The number of aromatic nitrogens is 2. The van der Waals surface area contributed by atoms with E-state index in [-0.39, 0.29) is 17.0 Å². The minimum Gasteiger partial charge on any atom is -1.00 e. The molecule has 0 aliphatic rings. The van der Waals surface area contributed by atoms with Crippen LogP contribution in [0.4, 0.5) is 0 Å². The molecule has 0 bridgehead atoms. The minimum atomic E-state index is 0. The van der Waals surface area contributed by atoms with E-state index in [1.807, 2.05) is 0 Å². The fourth-order valence-electron chi connectivity index (χ4n) is 2.41. The molecule has 3 heteroatoms. The summed E-state index contributed by atoms with van der Waals surface area (Å²) in [6.07, 6.45) is 5.36. The van der Waals surface area contributed by atoms with Gasteiger partial charge in [-0.25, -0.2) is 4.57 Å². The summed E-state index contributed by atoms with van der Waals surface area (Å²) in [4.78, 5) is 0. The molecule has 0 unspecified atom stereocenters. The van der Waals surface area contributed by atoms with Gasteiger partial charge in [0.1, 0.15) is 6.20 Å². The van der Waals surface area contributed by atoms with Crippen molar-refractivity contribution in [2.75, 3.05) is 0 Å². The fraction of sp³-hybridized carbons (Fsp3) is 0.188. The van der Waals surface area contributed by atoms with E-state index in [0.29, 0.717) is 0 Å². The number of imidazole rings is 1. The van der Waals surface area contributed by atoms with Crippen LogP contribution in [0.1, 0.15) is 18.2 Å². The van der Waals surface area contributed by atoms with E-state index in [4.69, 9.17) is 0 Å². The molecule has 3 aromatic rings. The topological polar surface area (TPSA) is 9.03 Å². The Morgan fingerprint density at radius 1 is 1.00 bits per heavy atom. The van der Waals surface area contributed by atoms with E-state index in [1.54, 1.807) is 0 Å². The lowest BCUT2D eigenvalue weighted by molar-refractivity contribution is -0.519. The molecule has 0 radical (unpaired) electrons. The molecule has 0 aliphatic heterocycles. The Morgan fingerprint density at radius 3 is 2.47 bits per heavy atom. The van der Waals surface area contributed by atoms with Gasteiger partial charge >= 0.3 is 0 Å². The van der Waals surface area contributed by atoms with Crippen molar-refractivity contribution in [1.29, 1.82) is 0 Å². The molecule has 0 saturated heterocycles. The average Bonchev–Trinajstić information content (AvgIpc) is 2.78. The highest BCUT2D eigenvalue weighted by Crippen LogP contribution is 2.09. The first-order chi connectivity index (χ1) is 8.88. The predicted molar refractivity (Wildman–Crippen MR) is 72.5 cm³/mol. The van der Waals surface area contributed by atoms with Gasteiger partial charge in [-0.1, -0.05) is 36.4 Å². The van der Waals surface area contributed by atoms with Crippen molar-refractivity contribution in [2.24, 2.45) is 0 Å². The van der Waals surface area contributed by atoms with E-state index in [9.17, 15) is 0 Å². The molecular weight excluding hydrogens is 300 g/mol. The van der Waals surface area contributed by atoms with Crippen molar-refractivity contribution in [3.8, 4) is 0 Å². The van der Waals surface area contributed by atoms with E-state index >= 15 is 0 Å². The summed E-state index contributed by atoms with van der Waals surface area (Å²) >= 11 is 0. The Bertz CT molecular complexity index is 659. The third kappa shape index (κ3) is 2.71. The standard InChI is InChI=1S/C16H17N2.BrH/c1-2-17-13-15(12-14-8-4-3-5-9-14)18-11-7-6-10-16(17)18;/h3-11,13H,2,12H2,1H3;1H/q+1;/p-1. The van der Waals surface area contributed by atoms with Crippen LogP contribution in [0, 0.1) is 0 Å². The van der Waals surface area contributed by atoms with E-state index in [2.05, 4.69) is 76.8 Å². The van der Waals surface area contributed by atoms with Gasteiger partial charge in [-0.15, -0.1) is 0 Å². The predicted octanol–water partition coefficient (Wildman–Crippen LogP) is -0.158. The number of aryl methyl sites for hydroxylation is 1. The van der Waals surface area contributed by atoms with Gasteiger partial charge in [0.2, 0.25) is 0 Å². The number of benzene rings is 1. The maximum Gasteiger partial charge on any atom is 0.286 e. The number of hydrogen-bond acceptors (Lipinski definition) is 0. The number of pyridine rings is 1. The molecule has 0 spiro atoms. The van der Waals surface area contributed by atoms with Crippen molar-refractivity contribution in [1.82, 2.24) is 4.57 Å². The maximum absolute atomic E-state index is 2.29. The van der Waals surface area contributed by atoms with Gasteiger partial charge in [0, 0.05) is 12.5 Å². The lowest BCUT2D eigenvalue weighted by Gasteiger charge is -1.96. The van der Waals surface area contributed by atoms with Gasteiger partial charge in [-0.2, -0.15) is 4.40 Å². The molecule has 3 rings (SSSR count). The van der Waals surface area contributed by atoms with Crippen molar-refractivity contribution in [3.05, 3.63) is 72.2 Å². The monoisotopic (exact) mass is 316 g/mol. The van der Waals surface area contributed by atoms with Gasteiger partial charge in [0.05, 0.1) is 12.7 Å². The third-order valence-corrected chi connectivity index (χ3v) is 3.32. The van der Waals surface area contributed by atoms with Gasteiger partial charge in [-0.05, 0) is 18.6 Å². The molecule has 1 aromatic carbocycles. The van der Waals surface area contributed by atoms with Crippen LogP contribution in [0.3, 0.4) is 0 Å². The van der Waals surface area contributed by atoms with Crippen LogP contribution >= 0.6 is 0 Å². The van der Waals surface area contributed by atoms with Crippen molar-refractivity contribution < 1.29 is 21.4 Å². The molecule has 0 atom stereocenters. The molecule has 2 aromatic heterocycles. The van der Waals surface area contributed by atoms with E-state index in [1.165, 1.54) is 16.9 Å². The van der Waals surface area contributed by atoms with Crippen molar-refractivity contribution in [3.63, 3.8) is 0 Å². The van der Waals surface area contributed by atoms with Gasteiger partial charge < -0.3 is 17.0 Å². The molecule has 98 valence electrons. The van der Waals surface area contributed by atoms with Crippen LogP contribution in [0.5, 0.6) is 0 Å². The molecule has 0 aliphatic carbocycles. The fourth-order valence-corrected chi connectivity index (χ4v) is 2.41. The highest BCUT2D eigenvalue weighted by Gasteiger charge is 2.14. The smallest absolute Gasteiger partial charge is 0.286 e. The number of nitrogens with zero attached hydrogens (tertiary/aromatic N) is 2.